The van der Waals surface area contributed by atoms with Crippen molar-refractivity contribution >= 4 is 17.4 Å². The van der Waals surface area contributed by atoms with Gasteiger partial charge in [-0.3, -0.25) is 0 Å². The van der Waals surface area contributed by atoms with Gasteiger partial charge < -0.3 is 0 Å². The summed E-state index contributed by atoms with van der Waals surface area (Å²) in [6.45, 7) is 9.30. The molecule has 2 unspecified atom stereocenters. The monoisotopic (exact) mass is 263 g/mol. The van der Waals surface area contributed by atoms with Crippen LogP contribution in [0.2, 0.25) is 0 Å². The summed E-state index contributed by atoms with van der Waals surface area (Å²) in [7, 11) is 0. The van der Waals surface area contributed by atoms with E-state index in [4.69, 9.17) is 12.2 Å². The maximum absolute atomic E-state index is 4.81. The minimum Gasteiger partial charge on any atom is -0.226 e. The Balaban J connectivity index is 2.30. The molecule has 0 aromatic heterocycles. The lowest BCUT2D eigenvalue weighted by atomic mass is 9.66. The van der Waals surface area contributed by atoms with Gasteiger partial charge in [-0.25, -0.2) is 4.99 Å². The lowest BCUT2D eigenvalue weighted by Crippen LogP contribution is -2.31. The molecule has 1 fully saturated rings. The zero-order valence-electron chi connectivity index (χ0n) is 12.1. The van der Waals surface area contributed by atoms with Crippen molar-refractivity contribution in [3.05, 3.63) is 11.6 Å². The summed E-state index contributed by atoms with van der Waals surface area (Å²) in [5, 5.41) is 2.61. The van der Waals surface area contributed by atoms with Crippen LogP contribution >= 0.6 is 12.2 Å². The van der Waals surface area contributed by atoms with Gasteiger partial charge in [0, 0.05) is 0 Å². The fourth-order valence-electron chi connectivity index (χ4n) is 3.85. The van der Waals surface area contributed by atoms with Crippen LogP contribution < -0.4 is 0 Å². The predicted molar refractivity (Wildman–Crippen MR) is 81.0 cm³/mol. The topological polar surface area (TPSA) is 12.4 Å². The molecule has 2 rings (SSSR count). The van der Waals surface area contributed by atoms with Gasteiger partial charge >= 0.3 is 0 Å². The van der Waals surface area contributed by atoms with E-state index in [1.807, 2.05) is 0 Å². The zero-order valence-corrected chi connectivity index (χ0v) is 12.9. The van der Waals surface area contributed by atoms with E-state index in [1.54, 1.807) is 5.57 Å². The molecule has 2 aliphatic rings. The Labute approximate surface area is 117 Å². The van der Waals surface area contributed by atoms with Crippen LogP contribution in [0.15, 0.2) is 16.6 Å². The molecule has 2 aliphatic carbocycles. The Bertz CT molecular complexity index is 405. The summed E-state index contributed by atoms with van der Waals surface area (Å²) in [6, 6.07) is 0. The predicted octanol–water partition coefficient (Wildman–Crippen LogP) is 5.03. The van der Waals surface area contributed by atoms with Crippen molar-refractivity contribution in [3.63, 3.8) is 0 Å². The van der Waals surface area contributed by atoms with E-state index in [2.05, 4.69) is 43.9 Å². The van der Waals surface area contributed by atoms with E-state index in [9.17, 15) is 0 Å². The largest absolute Gasteiger partial charge is 0.226 e. The molecular formula is C16H25NS. The van der Waals surface area contributed by atoms with Gasteiger partial charge in [0.25, 0.3) is 0 Å². The number of aliphatic imine (C=N–C) groups is 1. The van der Waals surface area contributed by atoms with Crippen LogP contribution in [-0.2, 0) is 0 Å². The molecule has 1 spiro atoms. The zero-order chi connectivity index (χ0) is 13.4. The number of hydrogen-bond acceptors (Lipinski definition) is 2. The highest BCUT2D eigenvalue weighted by molar-refractivity contribution is 7.78. The van der Waals surface area contributed by atoms with E-state index < -0.39 is 0 Å². The summed E-state index contributed by atoms with van der Waals surface area (Å²) in [5.74, 6) is 1.47. The first-order valence-electron chi connectivity index (χ1n) is 7.21. The molecule has 0 aliphatic heterocycles. The van der Waals surface area contributed by atoms with Crippen LogP contribution in [0.4, 0.5) is 0 Å². The van der Waals surface area contributed by atoms with E-state index in [-0.39, 0.29) is 5.54 Å². The minimum absolute atomic E-state index is 0.0337. The quantitative estimate of drug-likeness (QED) is 0.386. The second-order valence-corrected chi connectivity index (χ2v) is 7.11. The van der Waals surface area contributed by atoms with Crippen LogP contribution in [0.5, 0.6) is 0 Å². The molecule has 1 nitrogen and oxygen atoms in total. The molecule has 1 saturated carbocycles. The maximum Gasteiger partial charge on any atom is 0.0691 e. The second kappa shape index (κ2) is 4.90. The molecule has 0 aromatic carbocycles. The minimum atomic E-state index is 0.0337. The molecule has 0 saturated heterocycles. The summed E-state index contributed by atoms with van der Waals surface area (Å²) >= 11 is 4.81. The first kappa shape index (κ1) is 14.0. The van der Waals surface area contributed by atoms with Crippen molar-refractivity contribution in [2.45, 2.75) is 65.3 Å². The standard InChI is InChI=1S/C16H25NS/c1-12(2)14-6-5-13(3)16(9-14)8-7-15(4,10-16)17-11-18/h9,12-13H,5-8,10H2,1-4H3/t13?,15?,16-/m1/s1. The molecule has 0 bridgehead atoms. The molecular weight excluding hydrogens is 238 g/mol. The van der Waals surface area contributed by atoms with Crippen molar-refractivity contribution in [2.24, 2.45) is 22.2 Å². The van der Waals surface area contributed by atoms with Crippen LogP contribution in [0.1, 0.15) is 59.8 Å². The molecule has 0 heterocycles. The van der Waals surface area contributed by atoms with Crippen LogP contribution in [0.25, 0.3) is 0 Å². The number of isothiocyanates is 1. The Kier molecular flexibility index (Phi) is 3.80. The molecule has 0 radical (unpaired) electrons. The third-order valence-electron chi connectivity index (χ3n) is 5.22. The van der Waals surface area contributed by atoms with Gasteiger partial charge in [-0.15, -0.1) is 0 Å². The second-order valence-electron chi connectivity index (χ2n) is 6.92. The lowest BCUT2D eigenvalue weighted by Gasteiger charge is -2.39. The van der Waals surface area contributed by atoms with Gasteiger partial charge in [0.15, 0.2) is 0 Å². The van der Waals surface area contributed by atoms with Crippen molar-refractivity contribution in [3.8, 4) is 0 Å². The average Bonchev–Trinajstić information content (AvgIpc) is 2.62. The number of thiocarbonyl (C=S) groups is 1. The molecule has 18 heavy (non-hydrogen) atoms. The number of allylic oxidation sites excluding steroid dienone is 2. The molecule has 0 amide bonds. The van der Waals surface area contributed by atoms with Crippen LogP contribution in [-0.4, -0.2) is 10.7 Å². The highest BCUT2D eigenvalue weighted by atomic mass is 32.1. The first-order valence-corrected chi connectivity index (χ1v) is 7.62. The van der Waals surface area contributed by atoms with E-state index in [1.165, 1.54) is 19.3 Å². The maximum atomic E-state index is 4.81. The number of rotatable bonds is 2. The van der Waals surface area contributed by atoms with E-state index in [0.717, 1.165) is 18.8 Å². The summed E-state index contributed by atoms with van der Waals surface area (Å²) < 4.78 is 0. The van der Waals surface area contributed by atoms with Gasteiger partial charge in [-0.05, 0) is 68.5 Å². The van der Waals surface area contributed by atoms with E-state index in [0.29, 0.717) is 11.3 Å². The van der Waals surface area contributed by atoms with E-state index >= 15 is 0 Å². The lowest BCUT2D eigenvalue weighted by molar-refractivity contribution is 0.209. The van der Waals surface area contributed by atoms with Gasteiger partial charge in [-0.2, -0.15) is 0 Å². The van der Waals surface area contributed by atoms with Gasteiger partial charge in [0.05, 0.1) is 10.7 Å². The highest BCUT2D eigenvalue weighted by Gasteiger charge is 2.48. The van der Waals surface area contributed by atoms with Crippen molar-refractivity contribution in [1.29, 1.82) is 0 Å². The van der Waals surface area contributed by atoms with Gasteiger partial charge in [0.2, 0.25) is 0 Å². The van der Waals surface area contributed by atoms with Crippen molar-refractivity contribution in [1.82, 2.24) is 0 Å². The molecule has 0 aromatic rings. The normalized spacial score (nSPS) is 39.8. The van der Waals surface area contributed by atoms with Crippen molar-refractivity contribution < 1.29 is 0 Å². The Morgan fingerprint density at radius 2 is 2.17 bits per heavy atom. The molecule has 0 N–H and O–H groups in total. The Morgan fingerprint density at radius 1 is 1.44 bits per heavy atom. The fraction of sp³-hybridized carbons (Fsp3) is 0.812. The van der Waals surface area contributed by atoms with Crippen LogP contribution in [0.3, 0.4) is 0 Å². The third-order valence-corrected chi connectivity index (χ3v) is 5.31. The van der Waals surface area contributed by atoms with Gasteiger partial charge in [-0.1, -0.05) is 32.4 Å². The molecule has 3 atom stereocenters. The summed E-state index contributed by atoms with van der Waals surface area (Å²) in [5.41, 5.74) is 2.07. The highest BCUT2D eigenvalue weighted by Crippen LogP contribution is 2.55. The SMILES string of the molecule is CC(C)C1=C[C@@]2(CCC(C)(N=C=S)C2)C(C)CC1. The fourth-order valence-corrected chi connectivity index (χ4v) is 4.07. The first-order chi connectivity index (χ1) is 8.41. The average molecular weight is 263 g/mol. The molecule has 2 heteroatoms. The van der Waals surface area contributed by atoms with Crippen molar-refractivity contribution in [2.75, 3.05) is 0 Å². The number of hydrogen-bond donors (Lipinski definition) is 0. The molecule has 100 valence electrons. The smallest absolute Gasteiger partial charge is 0.0691 e. The summed E-state index contributed by atoms with van der Waals surface area (Å²) in [4.78, 5) is 4.45. The summed E-state index contributed by atoms with van der Waals surface area (Å²) in [6.07, 6.45) is 8.80. The number of nitrogens with zero attached hydrogens (tertiary/aromatic N) is 1. The third kappa shape index (κ3) is 2.46. The Hall–Kier alpha value is -0.460. The Morgan fingerprint density at radius 3 is 2.78 bits per heavy atom. The van der Waals surface area contributed by atoms with Gasteiger partial charge in [0.1, 0.15) is 0 Å². The van der Waals surface area contributed by atoms with Crippen LogP contribution in [0, 0.1) is 17.3 Å².